The number of aromatic nitrogens is 4. The average Bonchev–Trinajstić information content (AvgIpc) is 3.70. The van der Waals surface area contributed by atoms with Crippen LogP contribution in [0.4, 0.5) is 19.0 Å². The number of carbonyl (C=O) groups is 1. The molecule has 14 heteroatoms. The molecule has 5 aromatic rings. The number of fused-ring (bicyclic) bond motifs is 3. The van der Waals surface area contributed by atoms with Gasteiger partial charge in [0, 0.05) is 72.4 Å². The fourth-order valence-electron chi connectivity index (χ4n) is 8.10. The molecule has 0 aliphatic carbocycles. The molecule has 5 heterocycles. The molecule has 0 spiro atoms. The van der Waals surface area contributed by atoms with Gasteiger partial charge in [0.05, 0.1) is 24.1 Å². The van der Waals surface area contributed by atoms with Crippen LogP contribution >= 0.6 is 11.6 Å². The van der Waals surface area contributed by atoms with Crippen molar-refractivity contribution in [2.75, 3.05) is 44.2 Å². The monoisotopic (exact) mass is 738 g/mol. The van der Waals surface area contributed by atoms with Crippen LogP contribution in [0, 0.1) is 17.1 Å². The molecule has 0 N–H and O–H groups in total. The topological polar surface area (TPSA) is 111 Å². The number of ether oxygens (including phenoxy) is 1. The molecular formula is C39H34ClF3N8O2. The summed E-state index contributed by atoms with van der Waals surface area (Å²) in [5.41, 5.74) is 0.387. The number of piperazine rings is 1. The fourth-order valence-corrected chi connectivity index (χ4v) is 8.38. The molecule has 270 valence electrons. The van der Waals surface area contributed by atoms with E-state index in [1.165, 1.54) is 17.3 Å². The molecule has 3 aliphatic rings. The number of rotatable bonds is 8. The van der Waals surface area contributed by atoms with E-state index in [2.05, 4.69) is 25.9 Å². The van der Waals surface area contributed by atoms with Crippen LogP contribution in [0.5, 0.6) is 6.01 Å². The van der Waals surface area contributed by atoms with E-state index in [9.17, 15) is 14.4 Å². The minimum absolute atomic E-state index is 0.00861. The summed E-state index contributed by atoms with van der Waals surface area (Å²) in [4.78, 5) is 35.9. The van der Waals surface area contributed by atoms with E-state index < -0.39 is 35.3 Å². The number of carbonyl (C=O) groups excluding carboxylic acids is 1. The number of nitriles is 1. The number of hydrogen-bond acceptors (Lipinski definition) is 9. The number of nitrogens with zero attached hydrogens (tertiary/aromatic N) is 8. The highest BCUT2D eigenvalue weighted by Crippen LogP contribution is 2.42. The number of alkyl halides is 1. The molecule has 3 saturated heterocycles. The number of amides is 1. The first kappa shape index (κ1) is 34.7. The van der Waals surface area contributed by atoms with Crippen LogP contribution in [-0.2, 0) is 4.79 Å². The fraction of sp³-hybridized carbons (Fsp3) is 0.333. The molecule has 10 nitrogen and oxygen atoms in total. The zero-order valence-corrected chi connectivity index (χ0v) is 29.3. The number of benzene rings is 3. The van der Waals surface area contributed by atoms with E-state index in [-0.39, 0.29) is 55.6 Å². The van der Waals surface area contributed by atoms with Gasteiger partial charge >= 0.3 is 6.01 Å². The van der Waals surface area contributed by atoms with Gasteiger partial charge in [-0.1, -0.05) is 48.0 Å². The highest BCUT2D eigenvalue weighted by molar-refractivity contribution is 6.36. The van der Waals surface area contributed by atoms with Crippen molar-refractivity contribution < 1.29 is 22.7 Å². The minimum atomic E-state index is -1.05. The Morgan fingerprint density at radius 2 is 1.85 bits per heavy atom. The van der Waals surface area contributed by atoms with Crippen molar-refractivity contribution in [3.63, 3.8) is 0 Å². The maximum atomic E-state index is 17.0. The van der Waals surface area contributed by atoms with Gasteiger partial charge in [-0.25, -0.2) is 23.1 Å². The van der Waals surface area contributed by atoms with E-state index in [1.54, 1.807) is 30.3 Å². The van der Waals surface area contributed by atoms with Gasteiger partial charge in [0.1, 0.15) is 24.1 Å². The van der Waals surface area contributed by atoms with Gasteiger partial charge in [-0.2, -0.15) is 15.2 Å². The SMILES string of the molecule is N#CC[C@H]1CN(c2nc(OC[C@@]34CCCN3CC(F)C4)nc3c(F)c(-c4cccc5cccc(Cl)c45)ccc23)CCN1C(=O)/C(F)=C/c1ncccn1. The standard InChI is InChI=1S/C39H34ClF3N8O2/c40-30-8-2-6-24-5-1-7-27(33(24)30)28-9-10-29-35(34(28)43)47-38(53-23-39-12-3-16-50(39)21-25(41)20-39)48-36(29)49-17-18-51(26(22-49)11-13-44)37(52)31(42)19-32-45-14-4-15-46-32/h1-2,4-10,14-15,19,25-26H,3,11-12,16-18,20-23H2/b31-19-/t25?,26-,39-/m0/s1. The first-order valence-corrected chi connectivity index (χ1v) is 17.9. The maximum Gasteiger partial charge on any atom is 0.319 e. The lowest BCUT2D eigenvalue weighted by atomic mass is 9.95. The Hall–Kier alpha value is -5.32. The van der Waals surface area contributed by atoms with Crippen molar-refractivity contribution in [3.05, 3.63) is 89.5 Å². The second-order valence-corrected chi connectivity index (χ2v) is 14.1. The third kappa shape index (κ3) is 6.51. The van der Waals surface area contributed by atoms with Crippen molar-refractivity contribution in [2.24, 2.45) is 0 Å². The molecule has 0 saturated carbocycles. The van der Waals surface area contributed by atoms with E-state index in [0.29, 0.717) is 40.1 Å². The summed E-state index contributed by atoms with van der Waals surface area (Å²) in [6.07, 6.45) is 4.81. The van der Waals surface area contributed by atoms with Gasteiger partial charge in [0.25, 0.3) is 5.91 Å². The van der Waals surface area contributed by atoms with E-state index in [1.807, 2.05) is 29.2 Å². The first-order valence-electron chi connectivity index (χ1n) is 17.5. The Bertz CT molecular complexity index is 2280. The largest absolute Gasteiger partial charge is 0.461 e. The lowest BCUT2D eigenvalue weighted by Gasteiger charge is -2.41. The number of anilines is 1. The minimum Gasteiger partial charge on any atom is -0.461 e. The summed E-state index contributed by atoms with van der Waals surface area (Å²) in [6.45, 7) is 1.59. The summed E-state index contributed by atoms with van der Waals surface area (Å²) in [7, 11) is 0. The van der Waals surface area contributed by atoms with Crippen molar-refractivity contribution in [2.45, 2.75) is 43.4 Å². The van der Waals surface area contributed by atoms with Crippen molar-refractivity contribution in [1.29, 1.82) is 5.26 Å². The highest BCUT2D eigenvalue weighted by atomic mass is 35.5. The Labute approximate surface area is 308 Å². The lowest BCUT2D eigenvalue weighted by molar-refractivity contribution is -0.131. The lowest BCUT2D eigenvalue weighted by Crippen LogP contribution is -2.55. The summed E-state index contributed by atoms with van der Waals surface area (Å²) in [5, 5.41) is 12.1. The quantitative estimate of drug-likeness (QED) is 0.157. The van der Waals surface area contributed by atoms with E-state index in [4.69, 9.17) is 21.3 Å². The molecule has 0 bridgehead atoms. The second kappa shape index (κ2) is 14.2. The molecule has 3 atom stereocenters. The van der Waals surface area contributed by atoms with Gasteiger partial charge in [0.2, 0.25) is 0 Å². The molecule has 1 amide bonds. The highest BCUT2D eigenvalue weighted by Gasteiger charge is 2.49. The molecule has 2 aromatic heterocycles. The summed E-state index contributed by atoms with van der Waals surface area (Å²) in [5.74, 6) is -2.17. The summed E-state index contributed by atoms with van der Waals surface area (Å²) >= 11 is 6.64. The normalized spacial score (nSPS) is 22.0. The third-order valence-corrected chi connectivity index (χ3v) is 10.9. The van der Waals surface area contributed by atoms with Crippen LogP contribution in [0.3, 0.4) is 0 Å². The predicted molar refractivity (Wildman–Crippen MR) is 195 cm³/mol. The Balaban J connectivity index is 1.18. The van der Waals surface area contributed by atoms with Crippen LogP contribution in [-0.4, -0.2) is 92.7 Å². The van der Waals surface area contributed by atoms with Crippen molar-refractivity contribution in [1.82, 2.24) is 29.7 Å². The number of hydrogen-bond donors (Lipinski definition) is 0. The Morgan fingerprint density at radius 3 is 2.66 bits per heavy atom. The van der Waals surface area contributed by atoms with Gasteiger partial charge in [-0.05, 0) is 48.5 Å². The third-order valence-electron chi connectivity index (χ3n) is 10.6. The van der Waals surface area contributed by atoms with Gasteiger partial charge in [-0.15, -0.1) is 0 Å². The molecule has 3 aromatic carbocycles. The number of halogens is 4. The van der Waals surface area contributed by atoms with Gasteiger partial charge in [0.15, 0.2) is 17.5 Å². The van der Waals surface area contributed by atoms with Crippen LogP contribution in [0.25, 0.3) is 38.9 Å². The second-order valence-electron chi connectivity index (χ2n) is 13.7. The average molecular weight is 739 g/mol. The molecule has 3 aliphatic heterocycles. The first-order chi connectivity index (χ1) is 25.7. The zero-order valence-electron chi connectivity index (χ0n) is 28.6. The zero-order chi connectivity index (χ0) is 36.7. The summed E-state index contributed by atoms with van der Waals surface area (Å²) < 4.78 is 53.0. The molecule has 53 heavy (non-hydrogen) atoms. The molecule has 1 unspecified atom stereocenters. The Morgan fingerprint density at radius 1 is 1.04 bits per heavy atom. The van der Waals surface area contributed by atoms with E-state index in [0.717, 1.165) is 30.8 Å². The van der Waals surface area contributed by atoms with Crippen molar-refractivity contribution >= 4 is 51.1 Å². The van der Waals surface area contributed by atoms with Crippen molar-refractivity contribution in [3.8, 4) is 23.2 Å². The molecular weight excluding hydrogens is 705 g/mol. The van der Waals surface area contributed by atoms with Gasteiger partial charge < -0.3 is 14.5 Å². The molecule has 3 fully saturated rings. The predicted octanol–water partition coefficient (Wildman–Crippen LogP) is 6.93. The Kier molecular flexibility index (Phi) is 9.34. The maximum absolute atomic E-state index is 17.0. The molecule has 0 radical (unpaired) electrons. The van der Waals surface area contributed by atoms with Crippen LogP contribution in [0.15, 0.2) is 72.8 Å². The van der Waals surface area contributed by atoms with Crippen LogP contribution in [0.2, 0.25) is 5.02 Å². The smallest absolute Gasteiger partial charge is 0.319 e. The summed E-state index contributed by atoms with van der Waals surface area (Å²) in [6, 6.07) is 17.4. The molecule has 8 rings (SSSR count). The van der Waals surface area contributed by atoms with Crippen LogP contribution < -0.4 is 9.64 Å². The van der Waals surface area contributed by atoms with Gasteiger partial charge in [-0.3, -0.25) is 9.69 Å². The van der Waals surface area contributed by atoms with E-state index >= 15 is 8.78 Å². The van der Waals surface area contributed by atoms with Crippen LogP contribution in [0.1, 0.15) is 31.5 Å².